The first-order chi connectivity index (χ1) is 7.67. The van der Waals surface area contributed by atoms with Crippen molar-refractivity contribution in [1.82, 2.24) is 0 Å². The smallest absolute Gasteiger partial charge is 0.119 e. The second-order valence-corrected chi connectivity index (χ2v) is 4.92. The maximum atomic E-state index is 6.09. The lowest BCUT2D eigenvalue weighted by molar-refractivity contribution is 0.414. The third-order valence-corrected chi connectivity index (χ3v) is 3.44. The Morgan fingerprint density at radius 3 is 2.81 bits per heavy atom. The minimum atomic E-state index is 0.239. The Morgan fingerprint density at radius 2 is 2.19 bits per heavy atom. The van der Waals surface area contributed by atoms with E-state index in [1.165, 1.54) is 18.4 Å². The summed E-state index contributed by atoms with van der Waals surface area (Å²) >= 11 is 3.55. The van der Waals surface area contributed by atoms with Crippen molar-refractivity contribution in [3.8, 4) is 5.75 Å². The Hall–Kier alpha value is -0.540. The molecule has 0 amide bonds. The molecule has 0 aliphatic carbocycles. The molecule has 0 fully saturated rings. The highest BCUT2D eigenvalue weighted by molar-refractivity contribution is 9.10. The van der Waals surface area contributed by atoms with Crippen LogP contribution in [0.2, 0.25) is 0 Å². The van der Waals surface area contributed by atoms with Crippen LogP contribution in [-0.4, -0.2) is 13.2 Å². The highest BCUT2D eigenvalue weighted by Gasteiger charge is 2.07. The van der Waals surface area contributed by atoms with Crippen LogP contribution in [0.1, 0.15) is 31.7 Å². The van der Waals surface area contributed by atoms with E-state index in [9.17, 15) is 0 Å². The van der Waals surface area contributed by atoms with Gasteiger partial charge >= 0.3 is 0 Å². The molecule has 0 spiro atoms. The third kappa shape index (κ3) is 4.14. The minimum absolute atomic E-state index is 0.239. The fourth-order valence-electron chi connectivity index (χ4n) is 1.69. The number of benzene rings is 1. The Kier molecular flexibility index (Phi) is 5.85. The normalized spacial score (nSPS) is 12.5. The zero-order valence-corrected chi connectivity index (χ0v) is 11.6. The second-order valence-electron chi connectivity index (χ2n) is 4.06. The van der Waals surface area contributed by atoms with Crippen LogP contribution in [0.15, 0.2) is 22.7 Å². The van der Waals surface area contributed by atoms with Crippen LogP contribution in [-0.2, 0) is 6.42 Å². The number of nitrogens with two attached hydrogens (primary N) is 1. The Balaban J connectivity index is 2.64. The molecule has 1 aromatic carbocycles. The van der Waals surface area contributed by atoms with E-state index in [0.717, 1.165) is 23.1 Å². The number of halogens is 1. The van der Waals surface area contributed by atoms with Gasteiger partial charge in [-0.1, -0.05) is 35.7 Å². The van der Waals surface area contributed by atoms with Gasteiger partial charge < -0.3 is 10.5 Å². The first-order valence-electron chi connectivity index (χ1n) is 5.75. The van der Waals surface area contributed by atoms with Gasteiger partial charge in [0.05, 0.1) is 7.11 Å². The Morgan fingerprint density at radius 1 is 1.44 bits per heavy atom. The molecule has 1 unspecified atom stereocenters. The van der Waals surface area contributed by atoms with Crippen LogP contribution >= 0.6 is 15.9 Å². The summed E-state index contributed by atoms with van der Waals surface area (Å²) in [5.41, 5.74) is 7.32. The molecule has 0 radical (unpaired) electrons. The van der Waals surface area contributed by atoms with Gasteiger partial charge in [0, 0.05) is 10.5 Å². The number of methoxy groups -OCH3 is 1. The Bertz CT molecular complexity index is 328. The zero-order valence-electron chi connectivity index (χ0n) is 10.0. The molecular weight excluding hydrogens is 266 g/mol. The van der Waals surface area contributed by atoms with Crippen LogP contribution in [0, 0.1) is 0 Å². The van der Waals surface area contributed by atoms with Crippen molar-refractivity contribution in [3.63, 3.8) is 0 Å². The minimum Gasteiger partial charge on any atom is -0.497 e. The van der Waals surface area contributed by atoms with Crippen LogP contribution in [0.4, 0.5) is 0 Å². The molecule has 0 saturated heterocycles. The Labute approximate surface area is 106 Å². The van der Waals surface area contributed by atoms with Crippen molar-refractivity contribution in [2.75, 3.05) is 7.11 Å². The fraction of sp³-hybridized carbons (Fsp3) is 0.538. The van der Waals surface area contributed by atoms with E-state index in [2.05, 4.69) is 28.9 Å². The van der Waals surface area contributed by atoms with Gasteiger partial charge in [-0.05, 0) is 36.6 Å². The molecule has 0 saturated carbocycles. The van der Waals surface area contributed by atoms with Gasteiger partial charge in [0.25, 0.3) is 0 Å². The summed E-state index contributed by atoms with van der Waals surface area (Å²) in [4.78, 5) is 0. The lowest BCUT2D eigenvalue weighted by atomic mass is 10.0. The number of hydrogen-bond donors (Lipinski definition) is 1. The van der Waals surface area contributed by atoms with E-state index in [-0.39, 0.29) is 6.04 Å². The molecule has 0 aliphatic rings. The average Bonchev–Trinajstić information content (AvgIpc) is 2.29. The van der Waals surface area contributed by atoms with Crippen molar-refractivity contribution in [2.45, 2.75) is 38.6 Å². The molecule has 2 N–H and O–H groups in total. The largest absolute Gasteiger partial charge is 0.497 e. The highest BCUT2D eigenvalue weighted by Crippen LogP contribution is 2.24. The molecule has 0 bridgehead atoms. The van der Waals surface area contributed by atoms with E-state index in [0.29, 0.717) is 0 Å². The quantitative estimate of drug-likeness (QED) is 0.868. The maximum absolute atomic E-state index is 6.09. The molecule has 1 rings (SSSR count). The molecule has 1 aromatic rings. The van der Waals surface area contributed by atoms with Crippen molar-refractivity contribution < 1.29 is 4.74 Å². The van der Waals surface area contributed by atoms with Gasteiger partial charge in [0.2, 0.25) is 0 Å². The summed E-state index contributed by atoms with van der Waals surface area (Å²) in [6.45, 7) is 2.19. The van der Waals surface area contributed by atoms with Gasteiger partial charge in [-0.25, -0.2) is 0 Å². The molecule has 0 aliphatic heterocycles. The highest BCUT2D eigenvalue weighted by atomic mass is 79.9. The molecular formula is C13H20BrNO. The number of rotatable bonds is 6. The molecule has 0 aromatic heterocycles. The van der Waals surface area contributed by atoms with E-state index < -0.39 is 0 Å². The van der Waals surface area contributed by atoms with E-state index >= 15 is 0 Å². The standard InChI is InChI=1S/C13H20BrNO/c1-3-4-5-11(15)8-10-9-12(16-2)6-7-13(10)14/h6-7,9,11H,3-5,8,15H2,1-2H3. The lowest BCUT2D eigenvalue weighted by Crippen LogP contribution is -2.22. The summed E-state index contributed by atoms with van der Waals surface area (Å²) in [6, 6.07) is 6.25. The SMILES string of the molecule is CCCCC(N)Cc1cc(OC)ccc1Br. The number of hydrogen-bond acceptors (Lipinski definition) is 2. The molecule has 3 heteroatoms. The monoisotopic (exact) mass is 285 g/mol. The predicted octanol–water partition coefficient (Wildman–Crippen LogP) is 3.52. The van der Waals surface area contributed by atoms with Crippen LogP contribution in [0.3, 0.4) is 0 Å². The molecule has 1 atom stereocenters. The first-order valence-corrected chi connectivity index (χ1v) is 6.54. The van der Waals surface area contributed by atoms with Crippen LogP contribution in [0.5, 0.6) is 5.75 Å². The van der Waals surface area contributed by atoms with Crippen LogP contribution < -0.4 is 10.5 Å². The van der Waals surface area contributed by atoms with Gasteiger partial charge in [0.15, 0.2) is 0 Å². The summed E-state index contributed by atoms with van der Waals surface area (Å²) in [7, 11) is 1.68. The van der Waals surface area contributed by atoms with Gasteiger partial charge in [0.1, 0.15) is 5.75 Å². The van der Waals surface area contributed by atoms with E-state index in [4.69, 9.17) is 10.5 Å². The summed E-state index contributed by atoms with van der Waals surface area (Å²) < 4.78 is 6.32. The predicted molar refractivity (Wildman–Crippen MR) is 71.9 cm³/mol. The third-order valence-electron chi connectivity index (χ3n) is 2.66. The van der Waals surface area contributed by atoms with Gasteiger partial charge in [-0.15, -0.1) is 0 Å². The number of ether oxygens (including phenoxy) is 1. The molecule has 16 heavy (non-hydrogen) atoms. The van der Waals surface area contributed by atoms with Crippen molar-refractivity contribution in [1.29, 1.82) is 0 Å². The zero-order chi connectivity index (χ0) is 12.0. The van der Waals surface area contributed by atoms with E-state index in [1.807, 2.05) is 12.1 Å². The van der Waals surface area contributed by atoms with Crippen molar-refractivity contribution >= 4 is 15.9 Å². The van der Waals surface area contributed by atoms with E-state index in [1.54, 1.807) is 7.11 Å². The summed E-state index contributed by atoms with van der Waals surface area (Å²) in [5.74, 6) is 0.890. The maximum Gasteiger partial charge on any atom is 0.119 e. The number of unbranched alkanes of at least 4 members (excludes halogenated alkanes) is 1. The van der Waals surface area contributed by atoms with Crippen LogP contribution in [0.25, 0.3) is 0 Å². The van der Waals surface area contributed by atoms with Gasteiger partial charge in [-0.2, -0.15) is 0 Å². The van der Waals surface area contributed by atoms with Gasteiger partial charge in [-0.3, -0.25) is 0 Å². The topological polar surface area (TPSA) is 35.2 Å². The fourth-order valence-corrected chi connectivity index (χ4v) is 2.09. The summed E-state index contributed by atoms with van der Waals surface area (Å²) in [5, 5.41) is 0. The van der Waals surface area contributed by atoms with Crippen molar-refractivity contribution in [3.05, 3.63) is 28.2 Å². The first kappa shape index (κ1) is 13.5. The molecule has 0 heterocycles. The molecule has 2 nitrogen and oxygen atoms in total. The molecule has 90 valence electrons. The average molecular weight is 286 g/mol. The second kappa shape index (κ2) is 6.92. The van der Waals surface area contributed by atoms with Crippen molar-refractivity contribution in [2.24, 2.45) is 5.73 Å². The summed E-state index contributed by atoms with van der Waals surface area (Å²) in [6.07, 6.45) is 4.38. The lowest BCUT2D eigenvalue weighted by Gasteiger charge is -2.13.